The van der Waals surface area contributed by atoms with Crippen LogP contribution in [0.2, 0.25) is 0 Å². The van der Waals surface area contributed by atoms with Gasteiger partial charge in [-0.25, -0.2) is 4.98 Å². The highest BCUT2D eigenvalue weighted by Gasteiger charge is 2.24. The largest absolute Gasteiger partial charge is 0.490 e. The molecule has 2 heterocycles. The Kier molecular flexibility index (Phi) is 6.18. The van der Waals surface area contributed by atoms with E-state index in [1.165, 1.54) is 5.56 Å². The van der Waals surface area contributed by atoms with Crippen LogP contribution in [0.1, 0.15) is 23.9 Å². The minimum absolute atomic E-state index is 0.0912. The second-order valence-corrected chi connectivity index (χ2v) is 8.12. The molecule has 0 saturated heterocycles. The van der Waals surface area contributed by atoms with E-state index in [9.17, 15) is 10.1 Å². The number of hydrogen-bond acceptors (Lipinski definition) is 5. The second-order valence-electron chi connectivity index (χ2n) is 8.12. The van der Waals surface area contributed by atoms with Crippen LogP contribution in [-0.4, -0.2) is 35.6 Å². The van der Waals surface area contributed by atoms with Crippen molar-refractivity contribution < 1.29 is 14.3 Å². The van der Waals surface area contributed by atoms with Crippen LogP contribution >= 0.6 is 0 Å². The summed E-state index contributed by atoms with van der Waals surface area (Å²) in [6.07, 6.45) is 2.59. The SMILES string of the molecule is CCOc1cc(/C=C(\C#N)c2nc3ccccc3[nH]2)ccc1OCC(=O)N1CCc2ccccc21. The third kappa shape index (κ3) is 4.59. The molecule has 35 heavy (non-hydrogen) atoms. The summed E-state index contributed by atoms with van der Waals surface area (Å²) in [5.74, 6) is 1.39. The number of ether oxygens (including phenoxy) is 2. The number of carbonyl (C=O) groups is 1. The number of para-hydroxylation sites is 3. The van der Waals surface area contributed by atoms with Gasteiger partial charge in [-0.15, -0.1) is 0 Å². The van der Waals surface area contributed by atoms with E-state index in [1.807, 2.05) is 61.5 Å². The summed E-state index contributed by atoms with van der Waals surface area (Å²) in [5.41, 5.74) is 4.95. The highest BCUT2D eigenvalue weighted by atomic mass is 16.5. The molecule has 5 rings (SSSR count). The van der Waals surface area contributed by atoms with Gasteiger partial charge in [0.2, 0.25) is 0 Å². The molecule has 0 atom stereocenters. The quantitative estimate of drug-likeness (QED) is 0.389. The van der Waals surface area contributed by atoms with E-state index in [-0.39, 0.29) is 12.5 Å². The smallest absolute Gasteiger partial charge is 0.264 e. The number of carbonyl (C=O) groups excluding carboxylic acids is 1. The lowest BCUT2D eigenvalue weighted by molar-refractivity contribution is -0.120. The first kappa shape index (κ1) is 22.2. The zero-order valence-corrected chi connectivity index (χ0v) is 19.3. The fraction of sp³-hybridized carbons (Fsp3) is 0.179. The van der Waals surface area contributed by atoms with Crippen LogP contribution in [0.3, 0.4) is 0 Å². The third-order valence-corrected chi connectivity index (χ3v) is 5.88. The van der Waals surface area contributed by atoms with Crippen molar-refractivity contribution in [3.8, 4) is 17.6 Å². The highest BCUT2D eigenvalue weighted by molar-refractivity contribution is 5.96. The number of allylic oxidation sites excluding steroid dienone is 1. The van der Waals surface area contributed by atoms with Crippen molar-refractivity contribution in [3.63, 3.8) is 0 Å². The van der Waals surface area contributed by atoms with Gasteiger partial charge < -0.3 is 19.4 Å². The molecule has 1 aliphatic heterocycles. The summed E-state index contributed by atoms with van der Waals surface area (Å²) in [4.78, 5) is 22.3. The van der Waals surface area contributed by atoms with E-state index in [0.29, 0.717) is 36.0 Å². The molecule has 0 spiro atoms. The monoisotopic (exact) mass is 464 g/mol. The molecule has 0 unspecified atom stereocenters. The van der Waals surface area contributed by atoms with Crippen LogP contribution in [0.15, 0.2) is 66.7 Å². The van der Waals surface area contributed by atoms with Gasteiger partial charge in [0.1, 0.15) is 11.9 Å². The molecule has 1 N–H and O–H groups in total. The Morgan fingerprint density at radius 3 is 2.77 bits per heavy atom. The fourth-order valence-electron chi connectivity index (χ4n) is 4.22. The average molecular weight is 465 g/mol. The zero-order chi connectivity index (χ0) is 24.2. The Bertz CT molecular complexity index is 1430. The summed E-state index contributed by atoms with van der Waals surface area (Å²) in [6, 6.07) is 23.2. The van der Waals surface area contributed by atoms with Crippen molar-refractivity contribution in [2.45, 2.75) is 13.3 Å². The summed E-state index contributed by atoms with van der Waals surface area (Å²) >= 11 is 0. The Hall–Kier alpha value is -4.57. The Morgan fingerprint density at radius 2 is 1.94 bits per heavy atom. The Labute approximate surface area is 203 Å². The average Bonchev–Trinajstić information content (AvgIpc) is 3.51. The van der Waals surface area contributed by atoms with Crippen LogP contribution < -0.4 is 14.4 Å². The van der Waals surface area contributed by atoms with Crippen molar-refractivity contribution in [1.82, 2.24) is 9.97 Å². The third-order valence-electron chi connectivity index (χ3n) is 5.88. The van der Waals surface area contributed by atoms with Gasteiger partial charge in [-0.2, -0.15) is 5.26 Å². The number of nitrogens with zero attached hydrogens (tertiary/aromatic N) is 3. The topological polar surface area (TPSA) is 91.2 Å². The number of hydrogen-bond donors (Lipinski definition) is 1. The maximum absolute atomic E-state index is 12.8. The molecule has 7 nitrogen and oxygen atoms in total. The second kappa shape index (κ2) is 9.74. The van der Waals surface area contributed by atoms with Crippen LogP contribution in [0, 0.1) is 11.3 Å². The minimum atomic E-state index is -0.0991. The van der Waals surface area contributed by atoms with Gasteiger partial charge in [0.05, 0.1) is 23.2 Å². The normalized spacial score (nSPS) is 12.9. The Morgan fingerprint density at radius 1 is 1.11 bits per heavy atom. The van der Waals surface area contributed by atoms with E-state index in [4.69, 9.17) is 9.47 Å². The van der Waals surface area contributed by atoms with Gasteiger partial charge in [0.25, 0.3) is 5.91 Å². The molecule has 174 valence electrons. The summed E-state index contributed by atoms with van der Waals surface area (Å²) in [6.45, 7) is 2.88. The number of aromatic nitrogens is 2. The number of fused-ring (bicyclic) bond motifs is 2. The number of imidazole rings is 1. The maximum Gasteiger partial charge on any atom is 0.264 e. The van der Waals surface area contributed by atoms with E-state index in [0.717, 1.165) is 28.7 Å². The maximum atomic E-state index is 12.8. The molecule has 1 amide bonds. The van der Waals surface area contributed by atoms with Crippen LogP contribution in [0.25, 0.3) is 22.7 Å². The minimum Gasteiger partial charge on any atom is -0.490 e. The van der Waals surface area contributed by atoms with E-state index in [2.05, 4.69) is 16.0 Å². The number of benzene rings is 3. The molecule has 4 aromatic rings. The highest BCUT2D eigenvalue weighted by Crippen LogP contribution is 2.31. The number of rotatable bonds is 7. The molecule has 0 bridgehead atoms. The van der Waals surface area contributed by atoms with Crippen LogP contribution in [0.4, 0.5) is 5.69 Å². The van der Waals surface area contributed by atoms with Gasteiger partial charge in [0, 0.05) is 12.2 Å². The molecular weight excluding hydrogens is 440 g/mol. The van der Waals surface area contributed by atoms with E-state index in [1.54, 1.807) is 23.1 Å². The van der Waals surface area contributed by atoms with Crippen molar-refractivity contribution in [3.05, 3.63) is 83.7 Å². The lowest BCUT2D eigenvalue weighted by atomic mass is 10.1. The first-order valence-electron chi connectivity index (χ1n) is 11.5. The number of aromatic amines is 1. The lowest BCUT2D eigenvalue weighted by Gasteiger charge is -2.18. The van der Waals surface area contributed by atoms with Gasteiger partial charge in [-0.05, 0) is 60.9 Å². The first-order chi connectivity index (χ1) is 17.2. The molecule has 1 aliphatic rings. The van der Waals surface area contributed by atoms with E-state index < -0.39 is 0 Å². The molecule has 1 aromatic heterocycles. The molecular formula is C28H24N4O3. The molecule has 7 heteroatoms. The van der Waals surface area contributed by atoms with Crippen molar-refractivity contribution in [2.75, 3.05) is 24.7 Å². The van der Waals surface area contributed by atoms with Crippen molar-refractivity contribution >= 4 is 34.3 Å². The molecule has 3 aromatic carbocycles. The number of H-pyrrole nitrogens is 1. The number of nitriles is 1. The lowest BCUT2D eigenvalue weighted by Crippen LogP contribution is -2.33. The number of nitrogens with one attached hydrogen (secondary N) is 1. The van der Waals surface area contributed by atoms with Crippen LogP contribution in [-0.2, 0) is 11.2 Å². The summed E-state index contributed by atoms with van der Waals surface area (Å²) in [5, 5.41) is 9.74. The number of anilines is 1. The predicted molar refractivity (Wildman–Crippen MR) is 135 cm³/mol. The Balaban J connectivity index is 1.35. The van der Waals surface area contributed by atoms with Gasteiger partial charge in [0.15, 0.2) is 18.1 Å². The van der Waals surface area contributed by atoms with Gasteiger partial charge >= 0.3 is 0 Å². The first-order valence-corrected chi connectivity index (χ1v) is 11.5. The summed E-state index contributed by atoms with van der Waals surface area (Å²) in [7, 11) is 0. The fourth-order valence-corrected chi connectivity index (χ4v) is 4.22. The standard InChI is InChI=1S/C28H24N4O3/c1-2-34-26-16-19(15-21(17-29)28-30-22-8-4-5-9-23(22)31-28)11-12-25(26)35-18-27(33)32-14-13-20-7-3-6-10-24(20)32/h3-12,15-16H,2,13-14,18H2,1H3,(H,30,31)/b21-15+. The van der Waals surface area contributed by atoms with Crippen LogP contribution in [0.5, 0.6) is 11.5 Å². The van der Waals surface area contributed by atoms with Crippen molar-refractivity contribution in [1.29, 1.82) is 5.26 Å². The van der Waals surface area contributed by atoms with Gasteiger partial charge in [-0.1, -0.05) is 36.4 Å². The molecule has 0 radical (unpaired) electrons. The molecule has 0 aliphatic carbocycles. The number of amides is 1. The van der Waals surface area contributed by atoms with E-state index >= 15 is 0 Å². The molecule has 0 fully saturated rings. The van der Waals surface area contributed by atoms with Gasteiger partial charge in [-0.3, -0.25) is 4.79 Å². The predicted octanol–water partition coefficient (Wildman–Crippen LogP) is 4.99. The van der Waals surface area contributed by atoms with Crippen molar-refractivity contribution in [2.24, 2.45) is 0 Å². The summed E-state index contributed by atoms with van der Waals surface area (Å²) < 4.78 is 11.6. The zero-order valence-electron chi connectivity index (χ0n) is 19.3. The molecule has 0 saturated carbocycles.